The highest BCUT2D eigenvalue weighted by Crippen LogP contribution is 2.65. The van der Waals surface area contributed by atoms with Gasteiger partial charge in [0.05, 0.1) is 0 Å². The average Bonchev–Trinajstić information content (AvgIpc) is 2.47. The van der Waals surface area contributed by atoms with Crippen LogP contribution in [0, 0.1) is 11.3 Å². The maximum absolute atomic E-state index is 3.85. The molecule has 98 valence electrons. The maximum Gasteiger partial charge on any atom is 0.0207 e. The van der Waals surface area contributed by atoms with Crippen LogP contribution < -0.4 is 5.32 Å². The second kappa shape index (κ2) is 3.32. The molecular weight excluding hydrogens is 230 g/mol. The summed E-state index contributed by atoms with van der Waals surface area (Å²) in [6.07, 6.45) is 11.9. The summed E-state index contributed by atoms with van der Waals surface area (Å²) in [5.74, 6) is 0.840. The molecule has 1 saturated heterocycles. The van der Waals surface area contributed by atoms with Gasteiger partial charge in [-0.2, -0.15) is 0 Å². The van der Waals surface area contributed by atoms with Gasteiger partial charge in [-0.05, 0) is 55.7 Å². The summed E-state index contributed by atoms with van der Waals surface area (Å²) < 4.78 is 0. The lowest BCUT2D eigenvalue weighted by molar-refractivity contribution is -0.0143. The fraction of sp³-hybridized carbons (Fsp3) is 0.556. The molecule has 4 bridgehead atoms. The number of rotatable bonds is 0. The molecule has 1 saturated carbocycles. The molecule has 0 aromatic heterocycles. The minimum Gasteiger partial charge on any atom is -0.313 e. The molecule has 1 nitrogen and oxygen atoms in total. The SMILES string of the molecule is C1=CC23CCC1C[C@@]21CCN[C@@H]3Cc2ccccc21. The highest BCUT2D eigenvalue weighted by atomic mass is 15.0. The zero-order valence-corrected chi connectivity index (χ0v) is 11.4. The number of piperidine rings is 1. The van der Waals surface area contributed by atoms with Crippen molar-refractivity contribution in [3.05, 3.63) is 47.5 Å². The summed E-state index contributed by atoms with van der Waals surface area (Å²) in [5, 5.41) is 3.85. The van der Waals surface area contributed by atoms with E-state index in [1.54, 1.807) is 11.1 Å². The number of hydrogen-bond acceptors (Lipinski definition) is 1. The molecule has 0 radical (unpaired) electrons. The summed E-state index contributed by atoms with van der Waals surface area (Å²) in [5.41, 5.74) is 4.19. The summed E-state index contributed by atoms with van der Waals surface area (Å²) in [7, 11) is 0. The Bertz CT molecular complexity index is 575. The number of hydrogen-bond donors (Lipinski definition) is 1. The van der Waals surface area contributed by atoms with Gasteiger partial charge in [0.25, 0.3) is 0 Å². The van der Waals surface area contributed by atoms with E-state index < -0.39 is 0 Å². The van der Waals surface area contributed by atoms with Gasteiger partial charge in [-0.25, -0.2) is 0 Å². The second-order valence-corrected chi connectivity index (χ2v) is 7.10. The van der Waals surface area contributed by atoms with E-state index in [4.69, 9.17) is 0 Å². The molecule has 0 amide bonds. The fourth-order valence-corrected chi connectivity index (χ4v) is 5.85. The topological polar surface area (TPSA) is 12.0 Å². The lowest BCUT2D eigenvalue weighted by Gasteiger charge is -2.66. The molecule has 19 heavy (non-hydrogen) atoms. The smallest absolute Gasteiger partial charge is 0.0207 e. The number of nitrogens with one attached hydrogen (secondary N) is 1. The van der Waals surface area contributed by atoms with Gasteiger partial charge in [0.15, 0.2) is 0 Å². The highest BCUT2D eigenvalue weighted by molar-refractivity contribution is 5.47. The van der Waals surface area contributed by atoms with Crippen LogP contribution in [0.25, 0.3) is 0 Å². The van der Waals surface area contributed by atoms with Gasteiger partial charge in [0, 0.05) is 16.9 Å². The van der Waals surface area contributed by atoms with Crippen molar-refractivity contribution < 1.29 is 0 Å². The van der Waals surface area contributed by atoms with E-state index in [0.29, 0.717) is 16.9 Å². The van der Waals surface area contributed by atoms with Crippen LogP contribution in [0.2, 0.25) is 0 Å². The summed E-state index contributed by atoms with van der Waals surface area (Å²) in [6, 6.07) is 9.97. The van der Waals surface area contributed by atoms with Gasteiger partial charge in [-0.15, -0.1) is 0 Å². The van der Waals surface area contributed by atoms with Crippen LogP contribution in [-0.2, 0) is 11.8 Å². The Labute approximate surface area is 115 Å². The van der Waals surface area contributed by atoms with Crippen molar-refractivity contribution in [3.8, 4) is 0 Å². The molecule has 6 rings (SSSR count). The van der Waals surface area contributed by atoms with Gasteiger partial charge in [0.2, 0.25) is 0 Å². The third-order valence-corrected chi connectivity index (χ3v) is 6.62. The molecule has 2 fully saturated rings. The van der Waals surface area contributed by atoms with Crippen LogP contribution in [0.1, 0.15) is 36.8 Å². The monoisotopic (exact) mass is 251 g/mol. The minimum absolute atomic E-state index is 0.425. The first-order valence-electron chi connectivity index (χ1n) is 7.85. The number of benzene rings is 1. The van der Waals surface area contributed by atoms with E-state index in [-0.39, 0.29) is 0 Å². The fourth-order valence-electron chi connectivity index (χ4n) is 5.85. The molecule has 1 heterocycles. The predicted molar refractivity (Wildman–Crippen MR) is 77.1 cm³/mol. The minimum atomic E-state index is 0.425. The normalized spacial score (nSPS) is 45.7. The average molecular weight is 251 g/mol. The van der Waals surface area contributed by atoms with E-state index in [9.17, 15) is 0 Å². The molecule has 1 heteroatoms. The molecule has 2 unspecified atom stereocenters. The molecule has 1 spiro atoms. The van der Waals surface area contributed by atoms with Crippen molar-refractivity contribution in [2.24, 2.45) is 11.3 Å². The third-order valence-electron chi connectivity index (χ3n) is 6.62. The van der Waals surface area contributed by atoms with Crippen LogP contribution in [-0.4, -0.2) is 12.6 Å². The van der Waals surface area contributed by atoms with Crippen LogP contribution >= 0.6 is 0 Å². The number of allylic oxidation sites excluding steroid dienone is 1. The van der Waals surface area contributed by atoms with Crippen LogP contribution in [0.5, 0.6) is 0 Å². The molecule has 1 aromatic carbocycles. The Hall–Kier alpha value is -1.08. The Kier molecular flexibility index (Phi) is 1.87. The van der Waals surface area contributed by atoms with Gasteiger partial charge >= 0.3 is 0 Å². The third kappa shape index (κ3) is 1.08. The quantitative estimate of drug-likeness (QED) is 0.698. The van der Waals surface area contributed by atoms with Crippen molar-refractivity contribution >= 4 is 0 Å². The van der Waals surface area contributed by atoms with Gasteiger partial charge < -0.3 is 5.32 Å². The largest absolute Gasteiger partial charge is 0.313 e. The van der Waals surface area contributed by atoms with Crippen LogP contribution in [0.4, 0.5) is 0 Å². The second-order valence-electron chi connectivity index (χ2n) is 7.10. The molecule has 4 atom stereocenters. The van der Waals surface area contributed by atoms with E-state index in [1.807, 2.05) is 0 Å². The first-order chi connectivity index (χ1) is 9.34. The Morgan fingerprint density at radius 1 is 1.16 bits per heavy atom. The van der Waals surface area contributed by atoms with Crippen LogP contribution in [0.15, 0.2) is 36.4 Å². The molecular formula is C18H21N. The maximum atomic E-state index is 3.85. The lowest BCUT2D eigenvalue weighted by Crippen LogP contribution is -2.68. The van der Waals surface area contributed by atoms with E-state index >= 15 is 0 Å². The zero-order valence-electron chi connectivity index (χ0n) is 11.4. The van der Waals surface area contributed by atoms with Crippen LogP contribution in [0.3, 0.4) is 0 Å². The zero-order chi connectivity index (χ0) is 12.5. The van der Waals surface area contributed by atoms with Crippen molar-refractivity contribution in [1.82, 2.24) is 5.32 Å². The summed E-state index contributed by atoms with van der Waals surface area (Å²) >= 11 is 0. The van der Waals surface area contributed by atoms with E-state index in [0.717, 1.165) is 5.92 Å². The van der Waals surface area contributed by atoms with Crippen molar-refractivity contribution in [3.63, 3.8) is 0 Å². The first-order valence-corrected chi connectivity index (χ1v) is 7.85. The Morgan fingerprint density at radius 2 is 2.11 bits per heavy atom. The molecule has 1 N–H and O–H groups in total. The summed E-state index contributed by atoms with van der Waals surface area (Å²) in [4.78, 5) is 0. The number of fused-ring (bicyclic) bond motifs is 2. The van der Waals surface area contributed by atoms with Gasteiger partial charge in [-0.1, -0.05) is 36.4 Å². The van der Waals surface area contributed by atoms with Crippen molar-refractivity contribution in [2.45, 2.75) is 43.6 Å². The van der Waals surface area contributed by atoms with E-state index in [2.05, 4.69) is 41.7 Å². The molecule has 5 aliphatic rings. The van der Waals surface area contributed by atoms with Gasteiger partial charge in [-0.3, -0.25) is 0 Å². The Morgan fingerprint density at radius 3 is 3.00 bits per heavy atom. The molecule has 4 aliphatic carbocycles. The lowest BCUT2D eigenvalue weighted by atomic mass is 9.41. The van der Waals surface area contributed by atoms with Crippen molar-refractivity contribution in [1.29, 1.82) is 0 Å². The van der Waals surface area contributed by atoms with Gasteiger partial charge in [0.1, 0.15) is 0 Å². The standard InChI is InChI=1S/C18H21N/c1-2-4-15-14(3-1)11-16-17-7-5-13(6-8-17)12-18(15,17)9-10-19-16/h1-5,7,13,16,19H,6,8-12H2/t13?,16-,17?,18-/m1/s1. The molecule has 1 aromatic rings. The summed E-state index contributed by atoms with van der Waals surface area (Å²) in [6.45, 7) is 1.21. The molecule has 1 aliphatic heterocycles. The predicted octanol–water partition coefficient (Wildman–Crippen LogP) is 3.20. The van der Waals surface area contributed by atoms with E-state index in [1.165, 1.54) is 38.6 Å². The van der Waals surface area contributed by atoms with Crippen molar-refractivity contribution in [2.75, 3.05) is 6.54 Å². The first kappa shape index (κ1) is 10.7. The Balaban J connectivity index is 1.83. The highest BCUT2D eigenvalue weighted by Gasteiger charge is 2.63.